The van der Waals surface area contributed by atoms with Gasteiger partial charge in [0.2, 0.25) is 23.5 Å². The fraction of sp³-hybridized carbons (Fsp3) is 0.522. The van der Waals surface area contributed by atoms with E-state index < -0.39 is 12.0 Å². The van der Waals surface area contributed by atoms with Gasteiger partial charge in [-0.3, -0.25) is 14.5 Å². The maximum Gasteiger partial charge on any atom is 0.329 e. The predicted molar refractivity (Wildman–Crippen MR) is 116 cm³/mol. The molecule has 1 saturated heterocycles. The Labute approximate surface area is 196 Å². The van der Waals surface area contributed by atoms with Crippen LogP contribution in [0, 0.1) is 11.8 Å². The summed E-state index contributed by atoms with van der Waals surface area (Å²) in [6.45, 7) is 1.19. The average molecular weight is 473 g/mol. The van der Waals surface area contributed by atoms with Gasteiger partial charge in [0, 0.05) is 5.56 Å². The van der Waals surface area contributed by atoms with Crippen molar-refractivity contribution in [1.29, 1.82) is 0 Å². The van der Waals surface area contributed by atoms with Gasteiger partial charge in [0.1, 0.15) is 6.04 Å². The molecule has 4 rings (SSSR count). The smallest absolute Gasteiger partial charge is 0.329 e. The number of benzene rings is 1. The number of ether oxygens (including phenoxy) is 4. The lowest BCUT2D eigenvalue weighted by Crippen LogP contribution is -2.44. The number of hydrogen-bond donors (Lipinski definition) is 0. The standard InChI is InChI=1S/C23H27N3O8/c1-12(26-21(27)14-7-5-6-8-15(14)22(26)28)23(29)33-11-18-24-25-20(34-18)13-9-16(30-2)19(32-4)17(10-13)31-3/h9-10,12,14-15H,5-8,11H2,1-4H3/t12-,14?,15?/m0/s1. The van der Waals surface area contributed by atoms with Gasteiger partial charge in [-0.25, -0.2) is 4.79 Å². The van der Waals surface area contributed by atoms with E-state index in [0.29, 0.717) is 35.7 Å². The van der Waals surface area contributed by atoms with Crippen molar-refractivity contribution >= 4 is 17.8 Å². The molecule has 34 heavy (non-hydrogen) atoms. The number of fused-ring (bicyclic) bond motifs is 1. The number of nitrogens with zero attached hydrogens (tertiary/aromatic N) is 3. The van der Waals surface area contributed by atoms with Crippen molar-refractivity contribution in [2.45, 2.75) is 45.3 Å². The van der Waals surface area contributed by atoms with Crippen LogP contribution in [-0.4, -0.2) is 60.3 Å². The predicted octanol–water partition coefficient (Wildman–Crippen LogP) is 2.37. The van der Waals surface area contributed by atoms with E-state index in [1.807, 2.05) is 0 Å². The van der Waals surface area contributed by atoms with E-state index in [2.05, 4.69) is 10.2 Å². The second kappa shape index (κ2) is 9.70. The first kappa shape index (κ1) is 23.5. The van der Waals surface area contributed by atoms with Crippen LogP contribution in [0.5, 0.6) is 17.2 Å². The highest BCUT2D eigenvalue weighted by Crippen LogP contribution is 2.41. The number of amides is 2. The number of aromatic nitrogens is 2. The number of rotatable bonds is 8. The molecule has 2 amide bonds. The summed E-state index contributed by atoms with van der Waals surface area (Å²) in [5, 5.41) is 7.90. The third-order valence-electron chi connectivity index (χ3n) is 6.32. The lowest BCUT2D eigenvalue weighted by atomic mass is 9.81. The third kappa shape index (κ3) is 4.17. The summed E-state index contributed by atoms with van der Waals surface area (Å²) in [4.78, 5) is 39.1. The molecule has 2 unspecified atom stereocenters. The van der Waals surface area contributed by atoms with Crippen LogP contribution in [0.3, 0.4) is 0 Å². The van der Waals surface area contributed by atoms with E-state index in [4.69, 9.17) is 23.4 Å². The molecule has 11 nitrogen and oxygen atoms in total. The molecule has 11 heteroatoms. The van der Waals surface area contributed by atoms with Crippen molar-refractivity contribution < 1.29 is 37.7 Å². The summed E-state index contributed by atoms with van der Waals surface area (Å²) in [6, 6.07) is 2.27. The van der Waals surface area contributed by atoms with Crippen molar-refractivity contribution in [3.63, 3.8) is 0 Å². The maximum absolute atomic E-state index is 12.7. The fourth-order valence-electron chi connectivity index (χ4n) is 4.56. The van der Waals surface area contributed by atoms with Crippen molar-refractivity contribution in [2.24, 2.45) is 11.8 Å². The quantitative estimate of drug-likeness (QED) is 0.416. The van der Waals surface area contributed by atoms with Crippen LogP contribution in [0.1, 0.15) is 38.5 Å². The summed E-state index contributed by atoms with van der Waals surface area (Å²) in [6.07, 6.45) is 3.19. The summed E-state index contributed by atoms with van der Waals surface area (Å²) in [5.74, 6) is -0.487. The molecule has 2 fully saturated rings. The molecule has 1 saturated carbocycles. The minimum Gasteiger partial charge on any atom is -0.493 e. The van der Waals surface area contributed by atoms with E-state index in [-0.39, 0.29) is 42.0 Å². The van der Waals surface area contributed by atoms with Gasteiger partial charge in [-0.15, -0.1) is 10.2 Å². The molecule has 1 aromatic heterocycles. The Morgan fingerprint density at radius 1 is 1.03 bits per heavy atom. The molecular formula is C23H27N3O8. The van der Waals surface area contributed by atoms with Gasteiger partial charge in [-0.05, 0) is 31.9 Å². The van der Waals surface area contributed by atoms with Gasteiger partial charge in [0.25, 0.3) is 5.89 Å². The monoisotopic (exact) mass is 473 g/mol. The first-order valence-corrected chi connectivity index (χ1v) is 11.1. The zero-order valence-corrected chi connectivity index (χ0v) is 19.5. The van der Waals surface area contributed by atoms with Crippen molar-refractivity contribution in [2.75, 3.05) is 21.3 Å². The molecule has 1 aliphatic heterocycles. The topological polar surface area (TPSA) is 130 Å². The minimum absolute atomic E-state index is 0.0528. The normalized spacial score (nSPS) is 20.6. The van der Waals surface area contributed by atoms with Crippen LogP contribution in [0.4, 0.5) is 0 Å². The van der Waals surface area contributed by atoms with Gasteiger partial charge in [-0.2, -0.15) is 0 Å². The number of likely N-dealkylation sites (tertiary alicyclic amines) is 1. The first-order chi connectivity index (χ1) is 16.4. The Hall–Kier alpha value is -3.63. The molecule has 2 aliphatic rings. The van der Waals surface area contributed by atoms with Gasteiger partial charge < -0.3 is 23.4 Å². The Morgan fingerprint density at radius 3 is 2.15 bits per heavy atom. The zero-order valence-electron chi connectivity index (χ0n) is 19.5. The molecule has 1 aromatic carbocycles. The second-order valence-electron chi connectivity index (χ2n) is 8.24. The minimum atomic E-state index is -1.02. The molecule has 1 aliphatic carbocycles. The summed E-state index contributed by atoms with van der Waals surface area (Å²) >= 11 is 0. The SMILES string of the molecule is COc1cc(-c2nnc(COC(=O)[C@H](C)N3C(=O)C4CCCCC4C3=O)o2)cc(OC)c1OC. The molecule has 2 aromatic rings. The molecular weight excluding hydrogens is 446 g/mol. The molecule has 0 N–H and O–H groups in total. The van der Waals surface area contributed by atoms with E-state index in [1.54, 1.807) is 12.1 Å². The number of esters is 1. The lowest BCUT2D eigenvalue weighted by Gasteiger charge is -2.21. The second-order valence-corrected chi connectivity index (χ2v) is 8.24. The van der Waals surface area contributed by atoms with Crippen LogP contribution < -0.4 is 14.2 Å². The van der Waals surface area contributed by atoms with Crippen molar-refractivity contribution in [3.05, 3.63) is 18.0 Å². The molecule has 0 spiro atoms. The average Bonchev–Trinajstić information content (AvgIpc) is 3.44. The van der Waals surface area contributed by atoms with Crippen molar-refractivity contribution in [1.82, 2.24) is 15.1 Å². The Morgan fingerprint density at radius 2 is 1.62 bits per heavy atom. The van der Waals surface area contributed by atoms with E-state index in [0.717, 1.165) is 17.7 Å². The Kier molecular flexibility index (Phi) is 6.71. The number of carbonyl (C=O) groups excluding carboxylic acids is 3. The van der Waals surface area contributed by atoms with Crippen molar-refractivity contribution in [3.8, 4) is 28.7 Å². The lowest BCUT2D eigenvalue weighted by molar-refractivity contribution is -0.159. The number of hydrogen-bond acceptors (Lipinski definition) is 10. The summed E-state index contributed by atoms with van der Waals surface area (Å²) < 4.78 is 26.9. The van der Waals surface area contributed by atoms with Crippen LogP contribution >= 0.6 is 0 Å². The summed E-state index contributed by atoms with van der Waals surface area (Å²) in [7, 11) is 4.48. The van der Waals surface area contributed by atoms with Gasteiger partial charge in [0.15, 0.2) is 18.1 Å². The van der Waals surface area contributed by atoms with E-state index >= 15 is 0 Å². The highest BCUT2D eigenvalue weighted by molar-refractivity contribution is 6.07. The highest BCUT2D eigenvalue weighted by atomic mass is 16.5. The van der Waals surface area contributed by atoms with Gasteiger partial charge >= 0.3 is 5.97 Å². The Balaban J connectivity index is 1.43. The molecule has 0 bridgehead atoms. The summed E-state index contributed by atoms with van der Waals surface area (Å²) in [5.41, 5.74) is 0.517. The van der Waals surface area contributed by atoms with Crippen LogP contribution in [-0.2, 0) is 25.7 Å². The molecule has 0 radical (unpaired) electrons. The van der Waals surface area contributed by atoms with Gasteiger partial charge in [-0.1, -0.05) is 12.8 Å². The third-order valence-corrected chi connectivity index (χ3v) is 6.32. The Bertz CT molecular complexity index is 1050. The highest BCUT2D eigenvalue weighted by Gasteiger charge is 2.51. The molecule has 3 atom stereocenters. The first-order valence-electron chi connectivity index (χ1n) is 11.1. The number of imide groups is 1. The zero-order chi connectivity index (χ0) is 24.4. The van der Waals surface area contributed by atoms with E-state index in [1.165, 1.54) is 28.3 Å². The number of methoxy groups -OCH3 is 3. The largest absolute Gasteiger partial charge is 0.493 e. The molecule has 182 valence electrons. The maximum atomic E-state index is 12.7. The van der Waals surface area contributed by atoms with Crippen LogP contribution in [0.25, 0.3) is 11.5 Å². The van der Waals surface area contributed by atoms with Gasteiger partial charge in [0.05, 0.1) is 33.2 Å². The fourth-order valence-corrected chi connectivity index (χ4v) is 4.56. The molecule has 2 heterocycles. The van der Waals surface area contributed by atoms with Crippen LogP contribution in [0.2, 0.25) is 0 Å². The van der Waals surface area contributed by atoms with E-state index in [9.17, 15) is 14.4 Å². The van der Waals surface area contributed by atoms with Crippen LogP contribution in [0.15, 0.2) is 16.5 Å². The number of carbonyl (C=O) groups is 3.